The summed E-state index contributed by atoms with van der Waals surface area (Å²) >= 11 is 0. The molecule has 2 aliphatic rings. The van der Waals surface area contributed by atoms with E-state index < -0.39 is 5.54 Å². The van der Waals surface area contributed by atoms with Gasteiger partial charge in [0.25, 0.3) is 0 Å². The number of ketones is 1. The second-order valence-electron chi connectivity index (χ2n) is 9.11. The van der Waals surface area contributed by atoms with Gasteiger partial charge in [0.05, 0.1) is 12.1 Å². The number of aryl methyl sites for hydroxylation is 1. The van der Waals surface area contributed by atoms with E-state index in [4.69, 9.17) is 5.73 Å². The largest absolute Gasteiger partial charge is 0.383 e. The Balaban J connectivity index is 1.33. The van der Waals surface area contributed by atoms with Crippen LogP contribution in [0.3, 0.4) is 0 Å². The SMILES string of the molecule is C[C@@H]1CCC[C@H](C)N1CC(=O)NC1(C(=O)CCc2ccc3c(N)nccc3c2)CC1. The Bertz CT molecular complexity index is 943. The highest BCUT2D eigenvalue weighted by Gasteiger charge is 2.50. The third kappa shape index (κ3) is 4.33. The molecule has 0 bridgehead atoms. The van der Waals surface area contributed by atoms with Crippen molar-refractivity contribution in [3.8, 4) is 0 Å². The van der Waals surface area contributed by atoms with E-state index in [-0.39, 0.29) is 11.7 Å². The van der Waals surface area contributed by atoms with Gasteiger partial charge in [0.2, 0.25) is 5.91 Å². The maximum atomic E-state index is 12.9. The lowest BCUT2D eigenvalue weighted by Crippen LogP contribution is -2.52. The zero-order valence-electron chi connectivity index (χ0n) is 18.0. The second kappa shape index (κ2) is 8.34. The molecule has 1 aromatic heterocycles. The number of piperidine rings is 1. The number of fused-ring (bicyclic) bond motifs is 1. The van der Waals surface area contributed by atoms with Crippen molar-refractivity contribution in [1.82, 2.24) is 15.2 Å². The first-order chi connectivity index (χ1) is 14.4. The molecule has 2 aromatic rings. The topological polar surface area (TPSA) is 88.3 Å². The molecule has 0 spiro atoms. The van der Waals surface area contributed by atoms with Gasteiger partial charge in [0.1, 0.15) is 5.82 Å². The molecule has 1 aliphatic carbocycles. The van der Waals surface area contributed by atoms with Crippen LogP contribution < -0.4 is 11.1 Å². The zero-order valence-corrected chi connectivity index (χ0v) is 18.0. The number of hydrogen-bond acceptors (Lipinski definition) is 5. The fourth-order valence-corrected chi connectivity index (χ4v) is 4.76. The fraction of sp³-hybridized carbons (Fsp3) is 0.542. The summed E-state index contributed by atoms with van der Waals surface area (Å²) in [4.78, 5) is 32.0. The minimum Gasteiger partial charge on any atom is -0.383 e. The van der Waals surface area contributed by atoms with Gasteiger partial charge in [0, 0.05) is 30.1 Å². The number of likely N-dealkylation sites (tertiary alicyclic amines) is 1. The molecule has 160 valence electrons. The summed E-state index contributed by atoms with van der Waals surface area (Å²) in [6.07, 6.45) is 7.79. The van der Waals surface area contributed by atoms with Gasteiger partial charge in [-0.1, -0.05) is 24.6 Å². The minimum atomic E-state index is -0.634. The van der Waals surface area contributed by atoms with Gasteiger partial charge in [-0.05, 0) is 63.0 Å². The van der Waals surface area contributed by atoms with Gasteiger partial charge in [-0.2, -0.15) is 0 Å². The summed E-state index contributed by atoms with van der Waals surface area (Å²) in [5, 5.41) is 5.04. The lowest BCUT2D eigenvalue weighted by Gasteiger charge is -2.38. The van der Waals surface area contributed by atoms with Crippen LogP contribution >= 0.6 is 0 Å². The first-order valence-electron chi connectivity index (χ1n) is 11.1. The molecule has 6 heteroatoms. The summed E-state index contributed by atoms with van der Waals surface area (Å²) in [5.41, 5.74) is 6.38. The molecule has 1 amide bonds. The van der Waals surface area contributed by atoms with E-state index in [1.807, 2.05) is 18.2 Å². The zero-order chi connectivity index (χ0) is 21.3. The van der Waals surface area contributed by atoms with Crippen molar-refractivity contribution >= 4 is 28.3 Å². The third-order valence-corrected chi connectivity index (χ3v) is 6.87. The average molecular weight is 409 g/mol. The number of nitrogens with zero attached hydrogens (tertiary/aromatic N) is 2. The normalized spacial score (nSPS) is 23.3. The highest BCUT2D eigenvalue weighted by Crippen LogP contribution is 2.38. The van der Waals surface area contributed by atoms with Crippen molar-refractivity contribution < 1.29 is 9.59 Å². The van der Waals surface area contributed by atoms with E-state index in [1.54, 1.807) is 6.20 Å². The molecular formula is C24H32N4O2. The molecule has 0 unspecified atom stereocenters. The van der Waals surface area contributed by atoms with Crippen molar-refractivity contribution in [1.29, 1.82) is 0 Å². The number of rotatable bonds is 7. The van der Waals surface area contributed by atoms with Crippen molar-refractivity contribution in [2.75, 3.05) is 12.3 Å². The Morgan fingerprint density at radius 1 is 1.20 bits per heavy atom. The Hall–Kier alpha value is -2.47. The number of pyridine rings is 1. The van der Waals surface area contributed by atoms with E-state index in [9.17, 15) is 9.59 Å². The molecular weight excluding hydrogens is 376 g/mol. The monoisotopic (exact) mass is 408 g/mol. The molecule has 0 radical (unpaired) electrons. The molecule has 2 fully saturated rings. The van der Waals surface area contributed by atoms with Crippen molar-refractivity contribution in [2.45, 2.75) is 76.4 Å². The molecule has 1 aromatic carbocycles. The van der Waals surface area contributed by atoms with Crippen molar-refractivity contribution in [2.24, 2.45) is 0 Å². The first kappa shape index (κ1) is 20.8. The van der Waals surface area contributed by atoms with E-state index in [0.29, 0.717) is 37.3 Å². The molecule has 2 atom stereocenters. The van der Waals surface area contributed by atoms with Crippen LogP contribution in [0.15, 0.2) is 30.5 Å². The molecule has 1 aliphatic heterocycles. The fourth-order valence-electron chi connectivity index (χ4n) is 4.76. The van der Waals surface area contributed by atoms with Crippen LogP contribution in [0.1, 0.15) is 57.9 Å². The number of anilines is 1. The highest BCUT2D eigenvalue weighted by molar-refractivity contribution is 5.96. The Kier molecular flexibility index (Phi) is 5.78. The first-order valence-corrected chi connectivity index (χ1v) is 11.1. The Labute approximate surface area is 178 Å². The lowest BCUT2D eigenvalue weighted by molar-refractivity contribution is -0.130. The van der Waals surface area contributed by atoms with E-state index in [0.717, 1.165) is 42.0 Å². The maximum Gasteiger partial charge on any atom is 0.234 e. The quantitative estimate of drug-likeness (QED) is 0.734. The summed E-state index contributed by atoms with van der Waals surface area (Å²) in [6, 6.07) is 8.81. The molecule has 3 N–H and O–H groups in total. The number of carbonyl (C=O) groups excluding carboxylic acids is 2. The van der Waals surface area contributed by atoms with Crippen LogP contribution in [-0.4, -0.2) is 45.7 Å². The molecule has 1 saturated carbocycles. The van der Waals surface area contributed by atoms with E-state index in [1.165, 1.54) is 6.42 Å². The number of aromatic nitrogens is 1. The standard InChI is InChI=1S/C24H32N4O2/c1-16-4-3-5-17(2)28(16)15-22(30)27-24(11-12-24)21(29)9-7-18-6-8-20-19(14-18)10-13-26-23(20)25/h6,8,10,13-14,16-17H,3-5,7,9,11-12,15H2,1-2H3,(H2,25,26)(H,27,30)/t16-,17+. The van der Waals surface area contributed by atoms with Gasteiger partial charge < -0.3 is 11.1 Å². The number of carbonyl (C=O) groups is 2. The summed E-state index contributed by atoms with van der Waals surface area (Å²) < 4.78 is 0. The lowest BCUT2D eigenvalue weighted by atomic mass is 9.97. The van der Waals surface area contributed by atoms with Gasteiger partial charge in [0.15, 0.2) is 5.78 Å². The maximum absolute atomic E-state index is 12.9. The number of nitrogens with two attached hydrogens (primary N) is 1. The Morgan fingerprint density at radius 2 is 1.93 bits per heavy atom. The molecule has 4 rings (SSSR count). The van der Waals surface area contributed by atoms with Gasteiger partial charge >= 0.3 is 0 Å². The van der Waals surface area contributed by atoms with E-state index >= 15 is 0 Å². The van der Waals surface area contributed by atoms with Crippen LogP contribution in [0.4, 0.5) is 5.82 Å². The van der Waals surface area contributed by atoms with E-state index in [2.05, 4.69) is 35.1 Å². The number of Topliss-reactive ketones (excluding diaryl/α,β-unsaturated/α-hetero) is 1. The summed E-state index contributed by atoms with van der Waals surface area (Å²) in [6.45, 7) is 4.76. The smallest absolute Gasteiger partial charge is 0.234 e. The average Bonchev–Trinajstić information content (AvgIpc) is 3.50. The van der Waals surface area contributed by atoms with Gasteiger partial charge in [-0.15, -0.1) is 0 Å². The van der Waals surface area contributed by atoms with Crippen LogP contribution in [-0.2, 0) is 16.0 Å². The summed E-state index contributed by atoms with van der Waals surface area (Å²) in [7, 11) is 0. The van der Waals surface area contributed by atoms with Crippen LogP contribution in [0, 0.1) is 0 Å². The van der Waals surface area contributed by atoms with Crippen molar-refractivity contribution in [3.05, 3.63) is 36.0 Å². The van der Waals surface area contributed by atoms with Crippen LogP contribution in [0.2, 0.25) is 0 Å². The van der Waals surface area contributed by atoms with Crippen LogP contribution in [0.25, 0.3) is 10.8 Å². The number of nitrogen functional groups attached to an aromatic ring is 1. The van der Waals surface area contributed by atoms with Gasteiger partial charge in [-0.25, -0.2) is 4.98 Å². The number of nitrogens with one attached hydrogen (secondary N) is 1. The predicted octanol–water partition coefficient (Wildman–Crippen LogP) is 3.23. The highest BCUT2D eigenvalue weighted by atomic mass is 16.2. The number of amides is 1. The number of benzene rings is 1. The molecule has 1 saturated heterocycles. The van der Waals surface area contributed by atoms with Crippen molar-refractivity contribution in [3.63, 3.8) is 0 Å². The van der Waals surface area contributed by atoms with Crippen LogP contribution in [0.5, 0.6) is 0 Å². The van der Waals surface area contributed by atoms with Gasteiger partial charge in [-0.3, -0.25) is 14.5 Å². The summed E-state index contributed by atoms with van der Waals surface area (Å²) in [5.74, 6) is 0.646. The molecule has 30 heavy (non-hydrogen) atoms. The Morgan fingerprint density at radius 3 is 2.63 bits per heavy atom. The number of hydrogen-bond donors (Lipinski definition) is 2. The molecule has 2 heterocycles. The second-order valence-corrected chi connectivity index (χ2v) is 9.11. The minimum absolute atomic E-state index is 0.0184. The molecule has 6 nitrogen and oxygen atoms in total. The third-order valence-electron chi connectivity index (χ3n) is 6.87. The predicted molar refractivity (Wildman–Crippen MR) is 119 cm³/mol.